The molecule has 2 heterocycles. The second kappa shape index (κ2) is 11.0. The lowest BCUT2D eigenvalue weighted by Gasteiger charge is -2.34. The van der Waals surface area contributed by atoms with Crippen molar-refractivity contribution in [1.82, 2.24) is 19.6 Å². The first-order valence-corrected chi connectivity index (χ1v) is 13.0. The molecule has 0 radical (unpaired) electrons. The minimum atomic E-state index is -0.888. The molecule has 7 nitrogen and oxygen atoms in total. The number of rotatable bonds is 8. The van der Waals surface area contributed by atoms with Gasteiger partial charge in [-0.1, -0.05) is 41.9 Å². The standard InChI is InChI=1S/C28H35ClN4O3/c1-28(2,3)32(27(35)36)17-7-16-31-15-6-8-22(31)19-33-26(34)24-10-5-4-9-23(24)25(30-33)18-20-11-13-21(29)14-12-20/h4-5,9-14,22H,6-8,15-19H2,1-3H3,(H,35,36)/t22-/m1/s1. The molecule has 192 valence electrons. The van der Waals surface area contributed by atoms with Gasteiger partial charge in [-0.3, -0.25) is 9.69 Å². The van der Waals surface area contributed by atoms with E-state index in [9.17, 15) is 14.7 Å². The van der Waals surface area contributed by atoms with E-state index in [-0.39, 0.29) is 11.6 Å². The summed E-state index contributed by atoms with van der Waals surface area (Å²) in [4.78, 5) is 28.9. The Bertz CT molecular complexity index is 1270. The molecule has 1 aliphatic heterocycles. The van der Waals surface area contributed by atoms with Crippen molar-refractivity contribution in [3.8, 4) is 0 Å². The van der Waals surface area contributed by atoms with Gasteiger partial charge in [-0.15, -0.1) is 0 Å². The van der Waals surface area contributed by atoms with Crippen LogP contribution >= 0.6 is 11.6 Å². The molecule has 2 aromatic carbocycles. The van der Waals surface area contributed by atoms with Crippen LogP contribution in [0.2, 0.25) is 5.02 Å². The molecular formula is C28H35ClN4O3. The van der Waals surface area contributed by atoms with E-state index < -0.39 is 11.6 Å². The summed E-state index contributed by atoms with van der Waals surface area (Å²) in [5.41, 5.74) is 1.46. The van der Waals surface area contributed by atoms with Crippen LogP contribution in [0, 0.1) is 0 Å². The van der Waals surface area contributed by atoms with Crippen molar-refractivity contribution in [2.24, 2.45) is 0 Å². The number of aromatic nitrogens is 2. The topological polar surface area (TPSA) is 78.7 Å². The summed E-state index contributed by atoms with van der Waals surface area (Å²) in [6.45, 7) is 8.51. The summed E-state index contributed by atoms with van der Waals surface area (Å²) in [7, 11) is 0. The van der Waals surface area contributed by atoms with E-state index >= 15 is 0 Å². The molecule has 8 heteroatoms. The maximum Gasteiger partial charge on any atom is 0.407 e. The Labute approximate surface area is 217 Å². The van der Waals surface area contributed by atoms with Gasteiger partial charge in [0.15, 0.2) is 0 Å². The van der Waals surface area contributed by atoms with Crippen LogP contribution in [-0.2, 0) is 13.0 Å². The van der Waals surface area contributed by atoms with Gasteiger partial charge in [0.25, 0.3) is 5.56 Å². The van der Waals surface area contributed by atoms with E-state index in [1.54, 1.807) is 4.68 Å². The van der Waals surface area contributed by atoms with E-state index in [1.807, 2.05) is 69.3 Å². The maximum absolute atomic E-state index is 13.4. The minimum Gasteiger partial charge on any atom is -0.465 e. The summed E-state index contributed by atoms with van der Waals surface area (Å²) in [6.07, 6.45) is 2.54. The second-order valence-corrected chi connectivity index (χ2v) is 11.0. The van der Waals surface area contributed by atoms with Crippen LogP contribution in [0.5, 0.6) is 0 Å². The van der Waals surface area contributed by atoms with Gasteiger partial charge in [0, 0.05) is 41.5 Å². The third-order valence-corrected chi connectivity index (χ3v) is 7.23. The van der Waals surface area contributed by atoms with Crippen LogP contribution < -0.4 is 5.56 Å². The Morgan fingerprint density at radius 1 is 1.14 bits per heavy atom. The molecule has 0 unspecified atom stereocenters. The lowest BCUT2D eigenvalue weighted by atomic mass is 10.0. The lowest BCUT2D eigenvalue weighted by Crippen LogP contribution is -2.46. The monoisotopic (exact) mass is 510 g/mol. The van der Waals surface area contributed by atoms with Gasteiger partial charge in [-0.25, -0.2) is 9.48 Å². The molecule has 1 aromatic heterocycles. The van der Waals surface area contributed by atoms with Gasteiger partial charge in [-0.05, 0) is 70.3 Å². The normalized spacial score (nSPS) is 16.5. The number of hydrogen-bond acceptors (Lipinski definition) is 4. The number of carbonyl (C=O) groups is 1. The maximum atomic E-state index is 13.4. The number of benzene rings is 2. The Hall–Kier alpha value is -2.90. The molecule has 1 atom stereocenters. The van der Waals surface area contributed by atoms with Crippen molar-refractivity contribution in [2.45, 2.75) is 64.6 Å². The number of halogens is 1. The Kier molecular flexibility index (Phi) is 8.00. The smallest absolute Gasteiger partial charge is 0.407 e. The molecule has 1 N–H and O–H groups in total. The zero-order valence-electron chi connectivity index (χ0n) is 21.3. The number of nitrogens with zero attached hydrogens (tertiary/aromatic N) is 4. The molecule has 1 aliphatic rings. The Morgan fingerprint density at radius 3 is 2.50 bits per heavy atom. The second-order valence-electron chi connectivity index (χ2n) is 10.6. The van der Waals surface area contributed by atoms with Crippen LogP contribution in [0.4, 0.5) is 4.79 Å². The molecule has 1 saturated heterocycles. The lowest BCUT2D eigenvalue weighted by molar-refractivity contribution is 0.0955. The molecule has 4 rings (SSSR count). The van der Waals surface area contributed by atoms with Gasteiger partial charge in [0.05, 0.1) is 17.6 Å². The SMILES string of the molecule is CC(C)(C)N(CCCN1CCC[C@@H]1Cn1nc(Cc2ccc(Cl)cc2)c2ccccc2c1=O)C(=O)O. The molecule has 36 heavy (non-hydrogen) atoms. The van der Waals surface area contributed by atoms with Crippen molar-refractivity contribution >= 4 is 28.5 Å². The third-order valence-electron chi connectivity index (χ3n) is 6.98. The first kappa shape index (κ1) is 26.2. The Morgan fingerprint density at radius 2 is 1.83 bits per heavy atom. The quantitative estimate of drug-likeness (QED) is 0.446. The van der Waals surface area contributed by atoms with Crippen molar-refractivity contribution in [3.05, 3.63) is 75.2 Å². The van der Waals surface area contributed by atoms with Gasteiger partial charge >= 0.3 is 6.09 Å². The summed E-state index contributed by atoms with van der Waals surface area (Å²) < 4.78 is 1.63. The van der Waals surface area contributed by atoms with Crippen molar-refractivity contribution in [1.29, 1.82) is 0 Å². The van der Waals surface area contributed by atoms with Gasteiger partial charge < -0.3 is 10.0 Å². The minimum absolute atomic E-state index is 0.0675. The highest BCUT2D eigenvalue weighted by Gasteiger charge is 2.28. The van der Waals surface area contributed by atoms with Crippen molar-refractivity contribution in [3.63, 3.8) is 0 Å². The first-order valence-electron chi connectivity index (χ1n) is 12.6. The van der Waals surface area contributed by atoms with E-state index in [0.29, 0.717) is 29.9 Å². The van der Waals surface area contributed by atoms with E-state index in [1.165, 1.54) is 4.90 Å². The predicted molar refractivity (Wildman–Crippen MR) is 144 cm³/mol. The van der Waals surface area contributed by atoms with Crippen LogP contribution in [0.25, 0.3) is 10.8 Å². The molecule has 1 amide bonds. The highest BCUT2D eigenvalue weighted by Crippen LogP contribution is 2.22. The molecule has 0 saturated carbocycles. The highest BCUT2D eigenvalue weighted by atomic mass is 35.5. The fourth-order valence-corrected chi connectivity index (χ4v) is 5.23. The van der Waals surface area contributed by atoms with Crippen LogP contribution in [0.3, 0.4) is 0 Å². The van der Waals surface area contributed by atoms with Gasteiger partial charge in [-0.2, -0.15) is 5.10 Å². The number of carboxylic acid groups (broad SMARTS) is 1. The summed E-state index contributed by atoms with van der Waals surface area (Å²) in [5.74, 6) is 0. The molecule has 1 fully saturated rings. The molecule has 0 aliphatic carbocycles. The van der Waals surface area contributed by atoms with Crippen molar-refractivity contribution in [2.75, 3.05) is 19.6 Å². The summed E-state index contributed by atoms with van der Waals surface area (Å²) in [5, 5.41) is 16.7. The van der Waals surface area contributed by atoms with E-state index in [2.05, 4.69) is 4.90 Å². The fourth-order valence-electron chi connectivity index (χ4n) is 5.10. The van der Waals surface area contributed by atoms with Crippen LogP contribution in [-0.4, -0.2) is 62.0 Å². The molecular weight excluding hydrogens is 476 g/mol. The fraction of sp³-hybridized carbons (Fsp3) is 0.464. The number of likely N-dealkylation sites (tertiary alicyclic amines) is 1. The predicted octanol–water partition coefficient (Wildman–Crippen LogP) is 5.27. The first-order chi connectivity index (χ1) is 17.1. The number of hydrogen-bond donors (Lipinski definition) is 1. The van der Waals surface area contributed by atoms with E-state index in [0.717, 1.165) is 49.0 Å². The zero-order valence-corrected chi connectivity index (χ0v) is 22.0. The Balaban J connectivity index is 1.52. The van der Waals surface area contributed by atoms with Crippen LogP contribution in [0.1, 0.15) is 51.3 Å². The molecule has 3 aromatic rings. The summed E-state index contributed by atoms with van der Waals surface area (Å²) in [6, 6.07) is 15.6. The average Bonchev–Trinajstić information content (AvgIpc) is 3.27. The third kappa shape index (κ3) is 6.08. The van der Waals surface area contributed by atoms with E-state index in [4.69, 9.17) is 16.7 Å². The molecule has 0 bridgehead atoms. The van der Waals surface area contributed by atoms with Crippen molar-refractivity contribution < 1.29 is 9.90 Å². The highest BCUT2D eigenvalue weighted by molar-refractivity contribution is 6.30. The van der Waals surface area contributed by atoms with Gasteiger partial charge in [0.1, 0.15) is 0 Å². The number of fused-ring (bicyclic) bond motifs is 1. The zero-order chi connectivity index (χ0) is 25.9. The largest absolute Gasteiger partial charge is 0.465 e. The van der Waals surface area contributed by atoms with Crippen LogP contribution in [0.15, 0.2) is 53.3 Å². The molecule has 0 spiro atoms. The van der Waals surface area contributed by atoms with Gasteiger partial charge in [0.2, 0.25) is 0 Å². The summed E-state index contributed by atoms with van der Waals surface area (Å²) >= 11 is 6.06. The average molecular weight is 511 g/mol. The number of amides is 1.